The minimum atomic E-state index is -1.52. The van der Waals surface area contributed by atoms with Gasteiger partial charge in [-0.05, 0) is 39.2 Å². The Balaban J connectivity index is 2.57. The first-order valence-corrected chi connectivity index (χ1v) is 9.26. The highest BCUT2D eigenvalue weighted by molar-refractivity contribution is 6.03. The second kappa shape index (κ2) is 9.35. The lowest BCUT2D eigenvalue weighted by atomic mass is 9.64. The minimum Gasteiger partial charge on any atom is -0.465 e. The molecule has 0 radical (unpaired) electrons. The van der Waals surface area contributed by atoms with Crippen molar-refractivity contribution in [1.29, 1.82) is 0 Å². The van der Waals surface area contributed by atoms with Crippen molar-refractivity contribution in [1.82, 2.24) is 0 Å². The van der Waals surface area contributed by atoms with E-state index in [9.17, 15) is 14.4 Å². The molecular weight excluding hydrogens is 348 g/mol. The first-order valence-electron chi connectivity index (χ1n) is 9.26. The normalized spacial score (nSPS) is 18.2. The molecule has 0 N–H and O–H groups in total. The topological polar surface area (TPSA) is 78.9 Å². The van der Waals surface area contributed by atoms with E-state index in [1.807, 2.05) is 30.3 Å². The number of rotatable bonds is 7. The zero-order chi connectivity index (χ0) is 19.9. The first-order chi connectivity index (χ1) is 13.0. The van der Waals surface area contributed by atoms with E-state index in [1.54, 1.807) is 26.8 Å². The summed E-state index contributed by atoms with van der Waals surface area (Å²) in [5, 5.41) is 0. The average Bonchev–Trinajstić information content (AvgIpc) is 2.68. The van der Waals surface area contributed by atoms with Gasteiger partial charge in [0.25, 0.3) is 0 Å². The van der Waals surface area contributed by atoms with Crippen molar-refractivity contribution < 1.29 is 28.6 Å². The lowest BCUT2D eigenvalue weighted by Crippen LogP contribution is -2.48. The molecule has 0 aliphatic heterocycles. The highest BCUT2D eigenvalue weighted by Crippen LogP contribution is 2.49. The van der Waals surface area contributed by atoms with Gasteiger partial charge >= 0.3 is 17.9 Å². The Bertz CT molecular complexity index is 689. The lowest BCUT2D eigenvalue weighted by Gasteiger charge is -2.39. The fourth-order valence-corrected chi connectivity index (χ4v) is 3.44. The van der Waals surface area contributed by atoms with Crippen molar-refractivity contribution in [3.05, 3.63) is 47.5 Å². The number of carbonyl (C=O) groups is 3. The molecule has 6 nitrogen and oxygen atoms in total. The Kier molecular flexibility index (Phi) is 7.16. The molecule has 0 saturated carbocycles. The monoisotopic (exact) mass is 374 g/mol. The van der Waals surface area contributed by atoms with E-state index in [4.69, 9.17) is 14.2 Å². The van der Waals surface area contributed by atoms with E-state index in [0.717, 1.165) is 5.56 Å². The maximum atomic E-state index is 13.0. The zero-order valence-electron chi connectivity index (χ0n) is 16.0. The van der Waals surface area contributed by atoms with Crippen LogP contribution in [-0.2, 0) is 28.6 Å². The summed E-state index contributed by atoms with van der Waals surface area (Å²) >= 11 is 0. The number of carbonyl (C=O) groups excluding carboxylic acids is 3. The number of hydrogen-bond donors (Lipinski definition) is 0. The fraction of sp³-hybridized carbons (Fsp3) is 0.476. The van der Waals surface area contributed by atoms with Crippen LogP contribution in [-0.4, -0.2) is 37.7 Å². The molecule has 0 fully saturated rings. The molecule has 1 unspecified atom stereocenters. The number of ether oxygens (including phenoxy) is 3. The van der Waals surface area contributed by atoms with Crippen molar-refractivity contribution in [2.45, 2.75) is 39.5 Å². The van der Waals surface area contributed by atoms with Crippen LogP contribution in [0.25, 0.3) is 0 Å². The van der Waals surface area contributed by atoms with E-state index in [2.05, 4.69) is 0 Å². The summed E-state index contributed by atoms with van der Waals surface area (Å²) in [4.78, 5) is 38.2. The third-order valence-electron chi connectivity index (χ3n) is 4.71. The van der Waals surface area contributed by atoms with E-state index < -0.39 is 29.2 Å². The molecule has 2 rings (SSSR count). The molecule has 0 amide bonds. The van der Waals surface area contributed by atoms with Gasteiger partial charge in [0, 0.05) is 11.5 Å². The van der Waals surface area contributed by atoms with Crippen LogP contribution >= 0.6 is 0 Å². The largest absolute Gasteiger partial charge is 0.465 e. The molecule has 27 heavy (non-hydrogen) atoms. The zero-order valence-corrected chi connectivity index (χ0v) is 16.0. The fourth-order valence-electron chi connectivity index (χ4n) is 3.44. The van der Waals surface area contributed by atoms with Crippen LogP contribution in [0.1, 0.15) is 45.1 Å². The van der Waals surface area contributed by atoms with Gasteiger partial charge in [0.15, 0.2) is 5.41 Å². The molecule has 0 saturated heterocycles. The summed E-state index contributed by atoms with van der Waals surface area (Å²) in [5.74, 6) is -2.27. The van der Waals surface area contributed by atoms with Gasteiger partial charge in [0.1, 0.15) is 0 Å². The van der Waals surface area contributed by atoms with E-state index in [-0.39, 0.29) is 32.7 Å². The van der Waals surface area contributed by atoms with E-state index in [1.165, 1.54) is 0 Å². The Morgan fingerprint density at radius 2 is 1.48 bits per heavy atom. The van der Waals surface area contributed by atoms with Crippen molar-refractivity contribution >= 4 is 17.9 Å². The van der Waals surface area contributed by atoms with Gasteiger partial charge in [0.05, 0.1) is 19.8 Å². The van der Waals surface area contributed by atoms with Crippen LogP contribution in [0.4, 0.5) is 0 Å². The van der Waals surface area contributed by atoms with Crippen LogP contribution in [0, 0.1) is 5.41 Å². The summed E-state index contributed by atoms with van der Waals surface area (Å²) < 4.78 is 15.6. The van der Waals surface area contributed by atoms with Gasteiger partial charge in [-0.2, -0.15) is 0 Å². The molecule has 6 heteroatoms. The summed E-state index contributed by atoms with van der Waals surface area (Å²) in [6.45, 7) is 5.67. The average molecular weight is 374 g/mol. The highest BCUT2D eigenvalue weighted by atomic mass is 16.6. The summed E-state index contributed by atoms with van der Waals surface area (Å²) in [5.41, 5.74) is -0.299. The van der Waals surface area contributed by atoms with Crippen LogP contribution < -0.4 is 0 Å². The molecule has 1 aliphatic carbocycles. The number of allylic oxidation sites excluding steroid dienone is 1. The minimum absolute atomic E-state index is 0.0262. The SMILES string of the molecule is CCOC(=O)C1=CCC(C(=O)OCC)(C(=O)OCC)C(c2ccccc2)C1. The smallest absolute Gasteiger partial charge is 0.333 e. The summed E-state index contributed by atoms with van der Waals surface area (Å²) in [7, 11) is 0. The first kappa shape index (κ1) is 20.7. The Labute approximate surface area is 159 Å². The quantitative estimate of drug-likeness (QED) is 0.414. The summed E-state index contributed by atoms with van der Waals surface area (Å²) in [6, 6.07) is 9.19. The molecule has 1 aromatic rings. The van der Waals surface area contributed by atoms with Crippen LogP contribution in [0.3, 0.4) is 0 Å². The number of benzene rings is 1. The van der Waals surface area contributed by atoms with E-state index in [0.29, 0.717) is 5.57 Å². The van der Waals surface area contributed by atoms with Crippen LogP contribution in [0.15, 0.2) is 42.0 Å². The Morgan fingerprint density at radius 3 is 2.00 bits per heavy atom. The number of esters is 3. The standard InChI is InChI=1S/C21H26O6/c1-4-25-18(22)16-12-13-21(19(23)26-5-2,20(24)27-6-3)17(14-16)15-10-8-7-9-11-15/h7-12,17H,4-6,13-14H2,1-3H3. The Hall–Kier alpha value is -2.63. The maximum absolute atomic E-state index is 13.0. The molecule has 0 heterocycles. The molecular formula is C21H26O6. The predicted octanol–water partition coefficient (Wildman–Crippen LogP) is 3.17. The lowest BCUT2D eigenvalue weighted by molar-refractivity contribution is -0.175. The van der Waals surface area contributed by atoms with Crippen molar-refractivity contribution in [2.75, 3.05) is 19.8 Å². The van der Waals surface area contributed by atoms with Gasteiger partial charge in [-0.15, -0.1) is 0 Å². The molecule has 0 aromatic heterocycles. The Morgan fingerprint density at radius 1 is 0.926 bits per heavy atom. The number of hydrogen-bond acceptors (Lipinski definition) is 6. The van der Waals surface area contributed by atoms with Gasteiger partial charge in [-0.25, -0.2) is 4.79 Å². The van der Waals surface area contributed by atoms with Gasteiger partial charge in [-0.3, -0.25) is 9.59 Å². The van der Waals surface area contributed by atoms with Gasteiger partial charge in [-0.1, -0.05) is 36.4 Å². The molecule has 1 aromatic carbocycles. The third-order valence-corrected chi connectivity index (χ3v) is 4.71. The van der Waals surface area contributed by atoms with Gasteiger partial charge in [0.2, 0.25) is 0 Å². The molecule has 0 bridgehead atoms. The highest BCUT2D eigenvalue weighted by Gasteiger charge is 2.56. The molecule has 146 valence electrons. The second-order valence-corrected chi connectivity index (χ2v) is 6.23. The van der Waals surface area contributed by atoms with Crippen molar-refractivity contribution in [2.24, 2.45) is 5.41 Å². The maximum Gasteiger partial charge on any atom is 0.333 e. The molecule has 1 atom stereocenters. The van der Waals surface area contributed by atoms with Gasteiger partial charge < -0.3 is 14.2 Å². The van der Waals surface area contributed by atoms with Crippen LogP contribution in [0.5, 0.6) is 0 Å². The van der Waals surface area contributed by atoms with Crippen LogP contribution in [0.2, 0.25) is 0 Å². The predicted molar refractivity (Wildman–Crippen MR) is 98.8 cm³/mol. The summed E-state index contributed by atoms with van der Waals surface area (Å²) in [6.07, 6.45) is 1.82. The molecule has 0 spiro atoms. The van der Waals surface area contributed by atoms with Crippen molar-refractivity contribution in [3.8, 4) is 0 Å². The molecule has 1 aliphatic rings. The third kappa shape index (κ3) is 4.21. The van der Waals surface area contributed by atoms with E-state index >= 15 is 0 Å². The van der Waals surface area contributed by atoms with Crippen molar-refractivity contribution in [3.63, 3.8) is 0 Å². The second-order valence-electron chi connectivity index (χ2n) is 6.23.